The van der Waals surface area contributed by atoms with Gasteiger partial charge in [-0.15, -0.1) is 0 Å². The maximum Gasteiger partial charge on any atom is 0.308 e. The quantitative estimate of drug-likeness (QED) is 0.692. The molecule has 1 aliphatic rings. The minimum absolute atomic E-state index is 0.165. The molecule has 0 saturated heterocycles. The van der Waals surface area contributed by atoms with Gasteiger partial charge in [0.2, 0.25) is 0 Å². The largest absolute Gasteiger partial charge is 0.460 e. The van der Waals surface area contributed by atoms with E-state index in [1.807, 2.05) is 20.8 Å². The summed E-state index contributed by atoms with van der Waals surface area (Å²) in [6.07, 6.45) is 4.54. The summed E-state index contributed by atoms with van der Waals surface area (Å²) >= 11 is 0. The van der Waals surface area contributed by atoms with Crippen molar-refractivity contribution in [3.8, 4) is 0 Å². The second-order valence-electron chi connectivity index (χ2n) is 5.33. The van der Waals surface area contributed by atoms with E-state index in [1.165, 1.54) is 0 Å². The number of nitrogens with two attached hydrogens (primary N) is 1. The van der Waals surface area contributed by atoms with Crippen LogP contribution in [0.1, 0.15) is 52.9 Å². The Bertz CT molecular complexity index is 212. The fourth-order valence-electron chi connectivity index (χ4n) is 1.92. The molecule has 0 bridgehead atoms. The molecule has 0 heterocycles. The second-order valence-corrected chi connectivity index (χ2v) is 5.33. The van der Waals surface area contributed by atoms with Crippen LogP contribution in [0.25, 0.3) is 0 Å². The number of hydrogen-bond acceptors (Lipinski definition) is 3. The minimum Gasteiger partial charge on any atom is -0.460 e. The number of carbonyl (C=O) groups excluding carboxylic acids is 1. The van der Waals surface area contributed by atoms with Crippen LogP contribution in [0.2, 0.25) is 0 Å². The highest BCUT2D eigenvalue weighted by molar-refractivity contribution is 5.71. The van der Waals surface area contributed by atoms with Gasteiger partial charge in [0.25, 0.3) is 0 Å². The zero-order valence-electron chi connectivity index (χ0n) is 9.43. The molecule has 3 nitrogen and oxygen atoms in total. The SMILES string of the molecule is CC(C)(C)OC(=O)CC1(N)CCCC1. The molecule has 14 heavy (non-hydrogen) atoms. The summed E-state index contributed by atoms with van der Waals surface area (Å²) in [6, 6.07) is 0. The molecule has 0 amide bonds. The summed E-state index contributed by atoms with van der Waals surface area (Å²) in [4.78, 5) is 11.5. The summed E-state index contributed by atoms with van der Waals surface area (Å²) in [5.41, 5.74) is 5.39. The molecule has 3 heteroatoms. The van der Waals surface area contributed by atoms with Crippen LogP contribution in [0.4, 0.5) is 0 Å². The monoisotopic (exact) mass is 199 g/mol. The van der Waals surface area contributed by atoms with Crippen LogP contribution in [0.3, 0.4) is 0 Å². The van der Waals surface area contributed by atoms with Gasteiger partial charge in [-0.1, -0.05) is 12.8 Å². The normalized spacial score (nSPS) is 20.9. The molecule has 0 aliphatic heterocycles. The fourth-order valence-corrected chi connectivity index (χ4v) is 1.92. The van der Waals surface area contributed by atoms with Crippen LogP contribution in [0, 0.1) is 0 Å². The average molecular weight is 199 g/mol. The maximum absolute atomic E-state index is 11.5. The van der Waals surface area contributed by atoms with Crippen molar-refractivity contribution >= 4 is 5.97 Å². The number of carbonyl (C=O) groups is 1. The fraction of sp³-hybridized carbons (Fsp3) is 0.909. The molecule has 0 spiro atoms. The molecule has 1 rings (SSSR count). The van der Waals surface area contributed by atoms with Gasteiger partial charge in [0, 0.05) is 5.54 Å². The minimum atomic E-state index is -0.397. The van der Waals surface area contributed by atoms with E-state index in [4.69, 9.17) is 10.5 Å². The molecule has 0 aromatic rings. The molecular formula is C11H21NO2. The van der Waals surface area contributed by atoms with Crippen molar-refractivity contribution in [3.05, 3.63) is 0 Å². The first-order valence-corrected chi connectivity index (χ1v) is 5.32. The predicted molar refractivity (Wildman–Crippen MR) is 55.8 cm³/mol. The smallest absolute Gasteiger partial charge is 0.308 e. The molecule has 0 radical (unpaired) electrons. The number of hydrogen-bond donors (Lipinski definition) is 1. The van der Waals surface area contributed by atoms with Gasteiger partial charge in [-0.2, -0.15) is 0 Å². The van der Waals surface area contributed by atoms with Crippen LogP contribution in [-0.4, -0.2) is 17.1 Å². The standard InChI is InChI=1S/C11H21NO2/c1-10(2,3)14-9(13)8-11(12)6-4-5-7-11/h4-8,12H2,1-3H3. The first-order valence-electron chi connectivity index (χ1n) is 5.32. The molecule has 1 aliphatic carbocycles. The molecular weight excluding hydrogens is 178 g/mol. The zero-order valence-corrected chi connectivity index (χ0v) is 9.43. The van der Waals surface area contributed by atoms with Crippen LogP contribution in [0.5, 0.6) is 0 Å². The van der Waals surface area contributed by atoms with Crippen molar-refractivity contribution in [2.75, 3.05) is 0 Å². The van der Waals surface area contributed by atoms with Gasteiger partial charge in [-0.3, -0.25) is 4.79 Å². The lowest BCUT2D eigenvalue weighted by molar-refractivity contribution is -0.156. The average Bonchev–Trinajstić information content (AvgIpc) is 2.30. The number of rotatable bonds is 2. The molecule has 0 atom stereocenters. The number of esters is 1. The molecule has 82 valence electrons. The van der Waals surface area contributed by atoms with Crippen molar-refractivity contribution < 1.29 is 9.53 Å². The Balaban J connectivity index is 2.40. The Morgan fingerprint density at radius 2 is 1.86 bits per heavy atom. The van der Waals surface area contributed by atoms with Crippen LogP contribution in [0.15, 0.2) is 0 Å². The third kappa shape index (κ3) is 3.66. The van der Waals surface area contributed by atoms with Gasteiger partial charge in [0.1, 0.15) is 5.60 Å². The topological polar surface area (TPSA) is 52.3 Å². The van der Waals surface area contributed by atoms with Crippen LogP contribution >= 0.6 is 0 Å². The van der Waals surface area contributed by atoms with Crippen molar-refractivity contribution in [1.82, 2.24) is 0 Å². The van der Waals surface area contributed by atoms with Crippen molar-refractivity contribution in [3.63, 3.8) is 0 Å². The lowest BCUT2D eigenvalue weighted by Crippen LogP contribution is -2.40. The van der Waals surface area contributed by atoms with Gasteiger partial charge < -0.3 is 10.5 Å². The lowest BCUT2D eigenvalue weighted by atomic mass is 9.95. The summed E-state index contributed by atoms with van der Waals surface area (Å²) in [6.45, 7) is 5.63. The molecule has 0 aromatic carbocycles. The highest BCUT2D eigenvalue weighted by Gasteiger charge is 2.33. The van der Waals surface area contributed by atoms with E-state index in [2.05, 4.69) is 0 Å². The van der Waals surface area contributed by atoms with Crippen molar-refractivity contribution in [2.45, 2.75) is 64.0 Å². The molecule has 2 N–H and O–H groups in total. The highest BCUT2D eigenvalue weighted by atomic mass is 16.6. The first-order chi connectivity index (χ1) is 6.31. The lowest BCUT2D eigenvalue weighted by Gasteiger charge is -2.25. The molecule has 1 saturated carbocycles. The van der Waals surface area contributed by atoms with E-state index in [0.29, 0.717) is 6.42 Å². The van der Waals surface area contributed by atoms with E-state index in [9.17, 15) is 4.79 Å². The van der Waals surface area contributed by atoms with E-state index in [-0.39, 0.29) is 11.5 Å². The Morgan fingerprint density at radius 1 is 1.36 bits per heavy atom. The summed E-state index contributed by atoms with van der Waals surface area (Å²) < 4.78 is 5.25. The predicted octanol–water partition coefficient (Wildman–Crippen LogP) is 1.99. The third-order valence-corrected chi connectivity index (χ3v) is 2.52. The first kappa shape index (κ1) is 11.5. The van der Waals surface area contributed by atoms with E-state index < -0.39 is 5.60 Å². The van der Waals surface area contributed by atoms with E-state index >= 15 is 0 Å². The summed E-state index contributed by atoms with van der Waals surface area (Å²) in [7, 11) is 0. The Kier molecular flexibility index (Phi) is 3.20. The zero-order chi connectivity index (χ0) is 10.8. The van der Waals surface area contributed by atoms with Crippen LogP contribution in [-0.2, 0) is 9.53 Å². The number of ether oxygens (including phenoxy) is 1. The van der Waals surface area contributed by atoms with Crippen LogP contribution < -0.4 is 5.73 Å². The highest BCUT2D eigenvalue weighted by Crippen LogP contribution is 2.30. The van der Waals surface area contributed by atoms with Gasteiger partial charge in [-0.05, 0) is 33.6 Å². The van der Waals surface area contributed by atoms with Crippen molar-refractivity contribution in [1.29, 1.82) is 0 Å². The van der Waals surface area contributed by atoms with Gasteiger partial charge in [0.05, 0.1) is 6.42 Å². The Hall–Kier alpha value is -0.570. The van der Waals surface area contributed by atoms with E-state index in [0.717, 1.165) is 25.7 Å². The third-order valence-electron chi connectivity index (χ3n) is 2.52. The molecule has 0 aromatic heterocycles. The maximum atomic E-state index is 11.5. The molecule has 1 fully saturated rings. The molecule has 0 unspecified atom stereocenters. The summed E-state index contributed by atoms with van der Waals surface area (Å²) in [5.74, 6) is -0.165. The Labute approximate surface area is 86.0 Å². The van der Waals surface area contributed by atoms with Crippen molar-refractivity contribution in [2.24, 2.45) is 5.73 Å². The summed E-state index contributed by atoms with van der Waals surface area (Å²) in [5, 5.41) is 0. The Morgan fingerprint density at radius 3 is 2.29 bits per heavy atom. The van der Waals surface area contributed by atoms with Gasteiger partial charge in [-0.25, -0.2) is 0 Å². The van der Waals surface area contributed by atoms with Gasteiger partial charge >= 0.3 is 5.97 Å². The van der Waals surface area contributed by atoms with Gasteiger partial charge in [0.15, 0.2) is 0 Å². The second kappa shape index (κ2) is 3.89. The van der Waals surface area contributed by atoms with E-state index in [1.54, 1.807) is 0 Å².